The zero-order valence-electron chi connectivity index (χ0n) is 18.7. The van der Waals surface area contributed by atoms with Gasteiger partial charge in [0.05, 0.1) is 11.9 Å². The number of nitrogens with one attached hydrogen (secondary N) is 2. The molecule has 2 fully saturated rings. The lowest BCUT2D eigenvalue weighted by Crippen LogP contribution is -2.51. The molecule has 1 saturated carbocycles. The van der Waals surface area contributed by atoms with E-state index in [0.29, 0.717) is 25.4 Å². The molecular weight excluding hydrogens is 438 g/mol. The molecule has 8 nitrogen and oxygen atoms in total. The number of hydrogen-bond acceptors (Lipinski definition) is 5. The fourth-order valence-electron chi connectivity index (χ4n) is 4.49. The highest BCUT2D eigenvalue weighted by Gasteiger charge is 2.34. The molecule has 1 unspecified atom stereocenters. The summed E-state index contributed by atoms with van der Waals surface area (Å²) < 4.78 is 27.5. The number of amides is 1. The molecule has 1 atom stereocenters. The molecule has 2 aliphatic rings. The summed E-state index contributed by atoms with van der Waals surface area (Å²) in [5.74, 6) is 1.29. The fourth-order valence-corrected chi connectivity index (χ4v) is 5.62. The Hall–Kier alpha value is -2.91. The third-order valence-corrected chi connectivity index (χ3v) is 7.68. The zero-order chi connectivity index (χ0) is 23.0. The molecule has 33 heavy (non-hydrogen) atoms. The Bertz CT molecular complexity index is 1260. The van der Waals surface area contributed by atoms with Crippen molar-refractivity contribution >= 4 is 33.1 Å². The Morgan fingerprint density at radius 2 is 1.88 bits per heavy atom. The lowest BCUT2D eigenvalue weighted by molar-refractivity contribution is -0.125. The van der Waals surface area contributed by atoms with E-state index in [2.05, 4.69) is 15.0 Å². The van der Waals surface area contributed by atoms with Gasteiger partial charge in [-0.15, -0.1) is 0 Å². The number of rotatable bonds is 7. The monoisotopic (exact) mass is 467 g/mol. The molecule has 1 aliphatic carbocycles. The molecule has 1 saturated heterocycles. The van der Waals surface area contributed by atoms with Crippen LogP contribution in [0.25, 0.3) is 5.65 Å². The maximum atomic E-state index is 12.7. The standard InChI is InChI=1S/C24H29N5O3S/c1-33(31,32)29-15-5-2-6-20(29)24(30)25-16-17-8-12-19(13-9-17)26-23-22(18-10-11-18)27-21-7-3-4-14-28(21)23/h3-4,7-9,12-14,18,20,26H,2,5-6,10-11,15-16H2,1H3,(H,25,30). The average molecular weight is 468 g/mol. The first-order valence-electron chi connectivity index (χ1n) is 11.5. The summed E-state index contributed by atoms with van der Waals surface area (Å²) >= 11 is 0. The van der Waals surface area contributed by atoms with Gasteiger partial charge in [-0.1, -0.05) is 24.6 Å². The predicted molar refractivity (Wildman–Crippen MR) is 128 cm³/mol. The summed E-state index contributed by atoms with van der Waals surface area (Å²) in [4.78, 5) is 17.5. The largest absolute Gasteiger partial charge is 0.351 e. The number of piperidine rings is 1. The molecule has 9 heteroatoms. The lowest BCUT2D eigenvalue weighted by atomic mass is 10.0. The van der Waals surface area contributed by atoms with Crippen molar-refractivity contribution in [3.8, 4) is 0 Å². The minimum absolute atomic E-state index is 0.234. The van der Waals surface area contributed by atoms with E-state index in [0.717, 1.165) is 41.3 Å². The molecule has 3 heterocycles. The molecular formula is C24H29N5O3S. The highest BCUT2D eigenvalue weighted by Crippen LogP contribution is 2.43. The van der Waals surface area contributed by atoms with Gasteiger partial charge in [0.25, 0.3) is 0 Å². The molecule has 0 radical (unpaired) electrons. The molecule has 1 aliphatic heterocycles. The number of benzene rings is 1. The normalized spacial score (nSPS) is 19.5. The number of sulfonamides is 1. The van der Waals surface area contributed by atoms with Crippen molar-refractivity contribution in [2.75, 3.05) is 18.1 Å². The van der Waals surface area contributed by atoms with Crippen LogP contribution in [0, 0.1) is 0 Å². The molecule has 2 N–H and O–H groups in total. The van der Waals surface area contributed by atoms with Crippen molar-refractivity contribution < 1.29 is 13.2 Å². The molecule has 1 amide bonds. The second kappa shape index (κ2) is 8.79. The number of nitrogens with zero attached hydrogens (tertiary/aromatic N) is 3. The molecule has 174 valence electrons. The number of aromatic nitrogens is 2. The van der Waals surface area contributed by atoms with Gasteiger partial charge in [0.1, 0.15) is 17.5 Å². The van der Waals surface area contributed by atoms with E-state index in [1.807, 2.05) is 48.7 Å². The van der Waals surface area contributed by atoms with E-state index in [1.165, 1.54) is 23.4 Å². The van der Waals surface area contributed by atoms with Crippen molar-refractivity contribution in [1.82, 2.24) is 19.0 Å². The first kappa shape index (κ1) is 21.9. The molecule has 5 rings (SSSR count). The molecule has 0 bridgehead atoms. The Morgan fingerprint density at radius 3 is 2.61 bits per heavy atom. The summed E-state index contributed by atoms with van der Waals surface area (Å²) in [6.45, 7) is 0.763. The van der Waals surface area contributed by atoms with Crippen LogP contribution in [-0.4, -0.2) is 46.9 Å². The third-order valence-electron chi connectivity index (χ3n) is 6.39. The Labute approximate surface area is 194 Å². The molecule has 0 spiro atoms. The van der Waals surface area contributed by atoms with E-state index in [-0.39, 0.29) is 5.91 Å². The highest BCUT2D eigenvalue weighted by molar-refractivity contribution is 7.88. The summed E-state index contributed by atoms with van der Waals surface area (Å²) in [5.41, 5.74) is 3.96. The van der Waals surface area contributed by atoms with Gasteiger partial charge >= 0.3 is 0 Å². The van der Waals surface area contributed by atoms with Crippen molar-refractivity contribution in [2.24, 2.45) is 0 Å². The van der Waals surface area contributed by atoms with Gasteiger partial charge in [0.2, 0.25) is 15.9 Å². The first-order chi connectivity index (χ1) is 15.9. The quantitative estimate of drug-likeness (QED) is 0.555. The molecule has 1 aromatic carbocycles. The van der Waals surface area contributed by atoms with Crippen LogP contribution in [-0.2, 0) is 21.4 Å². The van der Waals surface area contributed by atoms with Crippen LogP contribution in [0.5, 0.6) is 0 Å². The summed E-state index contributed by atoms with van der Waals surface area (Å²) in [7, 11) is -3.40. The minimum Gasteiger partial charge on any atom is -0.351 e. The number of carbonyl (C=O) groups excluding carboxylic acids is 1. The second-order valence-electron chi connectivity index (χ2n) is 8.97. The SMILES string of the molecule is CS(=O)(=O)N1CCCCC1C(=O)NCc1ccc(Nc2c(C3CC3)nc3ccccn23)cc1. The molecule has 2 aromatic heterocycles. The zero-order valence-corrected chi connectivity index (χ0v) is 19.5. The van der Waals surface area contributed by atoms with Gasteiger partial charge in [-0.2, -0.15) is 4.31 Å². The second-order valence-corrected chi connectivity index (χ2v) is 10.9. The van der Waals surface area contributed by atoms with Crippen LogP contribution in [0.4, 0.5) is 11.5 Å². The maximum absolute atomic E-state index is 12.7. The Morgan fingerprint density at radius 1 is 1.09 bits per heavy atom. The minimum atomic E-state index is -3.40. The van der Waals surface area contributed by atoms with E-state index in [9.17, 15) is 13.2 Å². The number of fused-ring (bicyclic) bond motifs is 1. The van der Waals surface area contributed by atoms with E-state index < -0.39 is 16.1 Å². The van der Waals surface area contributed by atoms with Crippen LogP contribution >= 0.6 is 0 Å². The number of carbonyl (C=O) groups is 1. The first-order valence-corrected chi connectivity index (χ1v) is 13.3. The summed E-state index contributed by atoms with van der Waals surface area (Å²) in [5, 5.41) is 6.44. The van der Waals surface area contributed by atoms with Crippen molar-refractivity contribution in [2.45, 2.75) is 50.6 Å². The van der Waals surface area contributed by atoms with Crippen molar-refractivity contribution in [3.05, 3.63) is 59.9 Å². The van der Waals surface area contributed by atoms with Crippen LogP contribution in [0.2, 0.25) is 0 Å². The van der Waals surface area contributed by atoms with Gasteiger partial charge < -0.3 is 10.6 Å². The topological polar surface area (TPSA) is 95.8 Å². The fraction of sp³-hybridized carbons (Fsp3) is 0.417. The smallest absolute Gasteiger partial charge is 0.238 e. The predicted octanol–water partition coefficient (Wildman–Crippen LogP) is 3.39. The summed E-state index contributed by atoms with van der Waals surface area (Å²) in [6.07, 6.45) is 7.75. The molecule has 3 aromatic rings. The Balaban J connectivity index is 1.25. The van der Waals surface area contributed by atoms with Crippen LogP contribution in [0.15, 0.2) is 48.7 Å². The van der Waals surface area contributed by atoms with Crippen LogP contribution in [0.3, 0.4) is 0 Å². The van der Waals surface area contributed by atoms with Gasteiger partial charge in [0, 0.05) is 30.9 Å². The van der Waals surface area contributed by atoms with E-state index >= 15 is 0 Å². The third kappa shape index (κ3) is 4.74. The average Bonchev–Trinajstić information content (AvgIpc) is 3.60. The van der Waals surface area contributed by atoms with E-state index in [1.54, 1.807) is 0 Å². The van der Waals surface area contributed by atoms with Crippen molar-refractivity contribution in [1.29, 1.82) is 0 Å². The lowest BCUT2D eigenvalue weighted by Gasteiger charge is -2.32. The van der Waals surface area contributed by atoms with Gasteiger partial charge in [-0.25, -0.2) is 13.4 Å². The maximum Gasteiger partial charge on any atom is 0.238 e. The van der Waals surface area contributed by atoms with Crippen LogP contribution in [0.1, 0.15) is 49.3 Å². The Kier molecular flexibility index (Phi) is 5.84. The van der Waals surface area contributed by atoms with Crippen LogP contribution < -0.4 is 10.6 Å². The van der Waals surface area contributed by atoms with Gasteiger partial charge in [-0.05, 0) is 55.5 Å². The highest BCUT2D eigenvalue weighted by atomic mass is 32.2. The van der Waals surface area contributed by atoms with Gasteiger partial charge in [0.15, 0.2) is 0 Å². The number of anilines is 2. The van der Waals surface area contributed by atoms with Crippen molar-refractivity contribution in [3.63, 3.8) is 0 Å². The number of pyridine rings is 1. The van der Waals surface area contributed by atoms with E-state index in [4.69, 9.17) is 4.98 Å². The number of hydrogen-bond donors (Lipinski definition) is 2. The van der Waals surface area contributed by atoms with Gasteiger partial charge in [-0.3, -0.25) is 9.20 Å². The summed E-state index contributed by atoms with van der Waals surface area (Å²) in [6, 6.07) is 13.3. The number of imidazole rings is 1.